The molecule has 1 heterocycles. The van der Waals surface area contributed by atoms with Crippen LogP contribution in [0.1, 0.15) is 0 Å². The SMILES string of the molecule is SCC1SCS1. The molecule has 0 nitrogen and oxygen atoms in total. The number of rotatable bonds is 1. The minimum absolute atomic E-state index is 0.813. The van der Waals surface area contributed by atoms with Crippen molar-refractivity contribution in [3.63, 3.8) is 0 Å². The first-order valence-corrected chi connectivity index (χ1v) is 4.50. The Hall–Kier alpha value is 1.05. The van der Waals surface area contributed by atoms with Gasteiger partial charge >= 0.3 is 0 Å². The minimum atomic E-state index is 0.813. The summed E-state index contributed by atoms with van der Waals surface area (Å²) in [6.07, 6.45) is 0. The Morgan fingerprint density at radius 1 is 1.67 bits per heavy atom. The van der Waals surface area contributed by atoms with E-state index in [0.29, 0.717) is 0 Å². The third kappa shape index (κ3) is 1.01. The molecule has 0 atom stereocenters. The molecule has 1 fully saturated rings. The highest BCUT2D eigenvalue weighted by Gasteiger charge is 2.15. The molecule has 3 heteroatoms. The molecule has 0 unspecified atom stereocenters. The molecule has 1 saturated heterocycles. The summed E-state index contributed by atoms with van der Waals surface area (Å²) in [6.45, 7) is 0. The molecule has 0 N–H and O–H groups in total. The average molecular weight is 138 g/mol. The van der Waals surface area contributed by atoms with E-state index in [9.17, 15) is 0 Å². The summed E-state index contributed by atoms with van der Waals surface area (Å²) in [4.78, 5) is 0. The number of hydrogen-bond acceptors (Lipinski definition) is 3. The number of hydrogen-bond donors (Lipinski definition) is 1. The second-order valence-electron chi connectivity index (χ2n) is 1.06. The molecule has 0 bridgehead atoms. The van der Waals surface area contributed by atoms with E-state index >= 15 is 0 Å². The maximum Gasteiger partial charge on any atom is 0.0606 e. The lowest BCUT2D eigenvalue weighted by atomic mass is 10.9. The first-order valence-electron chi connectivity index (χ1n) is 1.77. The topological polar surface area (TPSA) is 0 Å². The largest absolute Gasteiger partial charge is 0.177 e. The van der Waals surface area contributed by atoms with Crippen molar-refractivity contribution in [1.82, 2.24) is 0 Å². The Morgan fingerprint density at radius 3 is 2.33 bits per heavy atom. The van der Waals surface area contributed by atoms with Gasteiger partial charge in [-0.05, 0) is 0 Å². The monoisotopic (exact) mass is 138 g/mol. The Bertz CT molecular complexity index is 38.5. The first-order chi connectivity index (χ1) is 2.93. The maximum atomic E-state index is 4.11. The molecule has 0 aromatic rings. The van der Waals surface area contributed by atoms with Crippen molar-refractivity contribution in [3.8, 4) is 0 Å². The third-order valence-electron chi connectivity index (χ3n) is 0.657. The highest BCUT2D eigenvalue weighted by molar-refractivity contribution is 8.33. The van der Waals surface area contributed by atoms with E-state index in [1.54, 1.807) is 0 Å². The van der Waals surface area contributed by atoms with E-state index in [0.717, 1.165) is 10.3 Å². The zero-order valence-electron chi connectivity index (χ0n) is 3.26. The van der Waals surface area contributed by atoms with Gasteiger partial charge in [0.15, 0.2) is 0 Å². The van der Waals surface area contributed by atoms with E-state index in [-0.39, 0.29) is 0 Å². The minimum Gasteiger partial charge on any atom is -0.177 e. The van der Waals surface area contributed by atoms with Crippen LogP contribution in [0, 0.1) is 0 Å². The second-order valence-corrected chi connectivity index (χ2v) is 4.47. The molecule has 0 saturated carbocycles. The van der Waals surface area contributed by atoms with Gasteiger partial charge in [-0.3, -0.25) is 0 Å². The summed E-state index contributed by atoms with van der Waals surface area (Å²) in [7, 11) is 0. The summed E-state index contributed by atoms with van der Waals surface area (Å²) in [5, 5.41) is 1.28. The molecule has 0 aromatic carbocycles. The van der Waals surface area contributed by atoms with Crippen molar-refractivity contribution >= 4 is 36.2 Å². The van der Waals surface area contributed by atoms with Crippen LogP contribution in [0.3, 0.4) is 0 Å². The fraction of sp³-hybridized carbons (Fsp3) is 1.00. The summed E-state index contributed by atoms with van der Waals surface area (Å²) >= 11 is 8.09. The van der Waals surface area contributed by atoms with Crippen molar-refractivity contribution in [2.24, 2.45) is 0 Å². The van der Waals surface area contributed by atoms with Crippen LogP contribution in [0.4, 0.5) is 0 Å². The molecule has 0 aliphatic carbocycles. The van der Waals surface area contributed by atoms with Gasteiger partial charge in [0, 0.05) is 10.8 Å². The molecule has 1 aliphatic heterocycles. The maximum absolute atomic E-state index is 4.11. The van der Waals surface area contributed by atoms with Gasteiger partial charge in [0.05, 0.1) is 4.58 Å². The summed E-state index contributed by atoms with van der Waals surface area (Å²) in [6, 6.07) is 0. The van der Waals surface area contributed by atoms with Gasteiger partial charge in [0.2, 0.25) is 0 Å². The van der Waals surface area contributed by atoms with Gasteiger partial charge in [0.25, 0.3) is 0 Å². The average Bonchev–Trinajstić information content (AvgIpc) is 1.31. The standard InChI is InChI=1S/C3H6S3/c4-1-3-5-2-6-3/h3-4H,1-2H2. The van der Waals surface area contributed by atoms with E-state index in [1.807, 2.05) is 23.5 Å². The van der Waals surface area contributed by atoms with Gasteiger partial charge in [-0.1, -0.05) is 0 Å². The lowest BCUT2D eigenvalue weighted by Gasteiger charge is -2.21. The Morgan fingerprint density at radius 2 is 2.33 bits per heavy atom. The van der Waals surface area contributed by atoms with Crippen LogP contribution < -0.4 is 0 Å². The molecule has 6 heavy (non-hydrogen) atoms. The molecule has 36 valence electrons. The van der Waals surface area contributed by atoms with Crippen LogP contribution in [-0.4, -0.2) is 15.4 Å². The number of thiol groups is 1. The molecular formula is C3H6S3. The van der Waals surface area contributed by atoms with E-state index in [4.69, 9.17) is 0 Å². The van der Waals surface area contributed by atoms with Gasteiger partial charge in [-0.2, -0.15) is 12.6 Å². The molecule has 0 aromatic heterocycles. The van der Waals surface area contributed by atoms with Gasteiger partial charge < -0.3 is 0 Å². The van der Waals surface area contributed by atoms with Crippen molar-refractivity contribution in [1.29, 1.82) is 0 Å². The van der Waals surface area contributed by atoms with Gasteiger partial charge in [-0.25, -0.2) is 0 Å². The van der Waals surface area contributed by atoms with Crippen LogP contribution in [0.15, 0.2) is 0 Å². The molecule has 1 aliphatic rings. The highest BCUT2D eigenvalue weighted by Crippen LogP contribution is 2.38. The fourth-order valence-corrected chi connectivity index (χ4v) is 2.43. The Labute approximate surface area is 51.9 Å². The lowest BCUT2D eigenvalue weighted by molar-refractivity contribution is 1.44. The quantitative estimate of drug-likeness (QED) is 0.547. The molecular weight excluding hydrogens is 132 g/mol. The van der Waals surface area contributed by atoms with Gasteiger partial charge in [-0.15, -0.1) is 23.5 Å². The summed E-state index contributed by atoms with van der Waals surface area (Å²) in [5.74, 6) is 1.04. The van der Waals surface area contributed by atoms with E-state index in [2.05, 4.69) is 12.6 Å². The van der Waals surface area contributed by atoms with Crippen molar-refractivity contribution < 1.29 is 0 Å². The van der Waals surface area contributed by atoms with E-state index < -0.39 is 0 Å². The summed E-state index contributed by atoms with van der Waals surface area (Å²) in [5.41, 5.74) is 0. The predicted octanol–water partition coefficient (Wildman–Crippen LogP) is 1.68. The third-order valence-corrected chi connectivity index (χ3v) is 4.50. The molecule has 1 rings (SSSR count). The second kappa shape index (κ2) is 2.38. The fourth-order valence-electron chi connectivity index (χ4n) is 0.270. The van der Waals surface area contributed by atoms with Crippen LogP contribution in [-0.2, 0) is 0 Å². The molecule has 0 radical (unpaired) electrons. The van der Waals surface area contributed by atoms with Crippen molar-refractivity contribution in [2.45, 2.75) is 4.58 Å². The van der Waals surface area contributed by atoms with Crippen LogP contribution in [0.2, 0.25) is 0 Å². The Balaban J connectivity index is 2.01. The highest BCUT2D eigenvalue weighted by atomic mass is 32.3. The zero-order chi connectivity index (χ0) is 4.41. The first kappa shape index (κ1) is 5.19. The number of thioether (sulfide) groups is 2. The molecule has 0 amide bonds. The lowest BCUT2D eigenvalue weighted by Crippen LogP contribution is -2.08. The normalized spacial score (nSPS) is 23.5. The van der Waals surface area contributed by atoms with Crippen molar-refractivity contribution in [2.75, 3.05) is 10.8 Å². The Kier molecular flexibility index (Phi) is 2.06. The zero-order valence-corrected chi connectivity index (χ0v) is 5.78. The smallest absolute Gasteiger partial charge is 0.0606 e. The van der Waals surface area contributed by atoms with Crippen LogP contribution in [0.5, 0.6) is 0 Å². The van der Waals surface area contributed by atoms with Crippen LogP contribution in [0.25, 0.3) is 0 Å². The van der Waals surface area contributed by atoms with Crippen LogP contribution >= 0.6 is 36.2 Å². The predicted molar refractivity (Wildman–Crippen MR) is 37.7 cm³/mol. The van der Waals surface area contributed by atoms with E-state index in [1.165, 1.54) is 5.08 Å². The van der Waals surface area contributed by atoms with Crippen molar-refractivity contribution in [3.05, 3.63) is 0 Å². The van der Waals surface area contributed by atoms with Gasteiger partial charge in [0.1, 0.15) is 0 Å². The molecule has 0 spiro atoms. The summed E-state index contributed by atoms with van der Waals surface area (Å²) < 4.78 is 0.813.